The average Bonchev–Trinajstić information content (AvgIpc) is 2.65. The average molecular weight is 346 g/mol. The van der Waals surface area contributed by atoms with E-state index in [9.17, 15) is 0 Å². The highest BCUT2D eigenvalue weighted by atomic mass is 14.9. The van der Waals surface area contributed by atoms with E-state index < -0.39 is 0 Å². The molecule has 144 valence electrons. The fraction of sp³-hybridized carbons (Fsp3) is 0.750. The van der Waals surface area contributed by atoms with Gasteiger partial charge in [-0.05, 0) is 30.9 Å². The Morgan fingerprint density at radius 1 is 0.680 bits per heavy atom. The van der Waals surface area contributed by atoms with Gasteiger partial charge < -0.3 is 5.32 Å². The first kappa shape index (κ1) is 22.1. The Morgan fingerprint density at radius 2 is 1.24 bits per heavy atom. The molecule has 25 heavy (non-hydrogen) atoms. The third-order valence-corrected chi connectivity index (χ3v) is 5.44. The summed E-state index contributed by atoms with van der Waals surface area (Å²) in [5, 5.41) is 3.53. The third-order valence-electron chi connectivity index (χ3n) is 5.44. The minimum Gasteiger partial charge on any atom is -0.385 e. The maximum Gasteiger partial charge on any atom is 0.0340 e. The van der Waals surface area contributed by atoms with Crippen LogP contribution in [0.5, 0.6) is 0 Å². The largest absolute Gasteiger partial charge is 0.385 e. The van der Waals surface area contributed by atoms with Crippen molar-refractivity contribution in [1.29, 1.82) is 0 Å². The molecular weight excluding hydrogens is 302 g/mol. The molecule has 0 fully saturated rings. The van der Waals surface area contributed by atoms with Crippen LogP contribution in [0.1, 0.15) is 104 Å². The predicted octanol–water partition coefficient (Wildman–Crippen LogP) is 8.22. The Labute approximate surface area is 158 Å². The molecular formula is C24H43N. The first-order valence-corrected chi connectivity index (χ1v) is 11.2. The van der Waals surface area contributed by atoms with Crippen molar-refractivity contribution in [1.82, 2.24) is 0 Å². The van der Waals surface area contributed by atoms with Gasteiger partial charge in [0.2, 0.25) is 0 Å². The van der Waals surface area contributed by atoms with E-state index in [2.05, 4.69) is 49.5 Å². The molecule has 0 bridgehead atoms. The second-order valence-electron chi connectivity index (χ2n) is 7.68. The summed E-state index contributed by atoms with van der Waals surface area (Å²) < 4.78 is 0. The molecule has 1 N–H and O–H groups in total. The number of para-hydroxylation sites is 1. The monoisotopic (exact) mass is 345 g/mol. The SMILES string of the molecule is CCCCCCCCCCCCC(CC)CCCNc1ccccc1. The zero-order valence-electron chi connectivity index (χ0n) is 17.1. The molecule has 1 aromatic rings. The van der Waals surface area contributed by atoms with Crippen LogP contribution in [0, 0.1) is 5.92 Å². The molecule has 1 nitrogen and oxygen atoms in total. The van der Waals surface area contributed by atoms with Crippen molar-refractivity contribution in [3.05, 3.63) is 30.3 Å². The van der Waals surface area contributed by atoms with E-state index in [1.807, 2.05) is 0 Å². The number of benzene rings is 1. The van der Waals surface area contributed by atoms with Gasteiger partial charge >= 0.3 is 0 Å². The number of hydrogen-bond acceptors (Lipinski definition) is 1. The van der Waals surface area contributed by atoms with Crippen LogP contribution in [0.2, 0.25) is 0 Å². The number of rotatable bonds is 17. The summed E-state index contributed by atoms with van der Waals surface area (Å²) in [5.74, 6) is 0.937. The molecule has 0 aliphatic heterocycles. The van der Waals surface area contributed by atoms with Crippen molar-refractivity contribution in [2.45, 2.75) is 104 Å². The summed E-state index contributed by atoms with van der Waals surface area (Å²) in [6.07, 6.45) is 19.9. The number of hydrogen-bond donors (Lipinski definition) is 1. The van der Waals surface area contributed by atoms with Crippen molar-refractivity contribution in [3.8, 4) is 0 Å². The maximum atomic E-state index is 3.53. The van der Waals surface area contributed by atoms with Crippen LogP contribution in [-0.4, -0.2) is 6.54 Å². The van der Waals surface area contributed by atoms with Crippen LogP contribution >= 0.6 is 0 Å². The van der Waals surface area contributed by atoms with Crippen molar-refractivity contribution < 1.29 is 0 Å². The summed E-state index contributed by atoms with van der Waals surface area (Å²) in [4.78, 5) is 0. The lowest BCUT2D eigenvalue weighted by Gasteiger charge is -2.15. The van der Waals surface area contributed by atoms with E-state index in [0.717, 1.165) is 12.5 Å². The first-order chi connectivity index (χ1) is 12.4. The van der Waals surface area contributed by atoms with Gasteiger partial charge in [0.1, 0.15) is 0 Å². The molecule has 1 atom stereocenters. The number of unbranched alkanes of at least 4 members (excludes halogenated alkanes) is 9. The van der Waals surface area contributed by atoms with Crippen LogP contribution in [0.4, 0.5) is 5.69 Å². The Hall–Kier alpha value is -0.980. The van der Waals surface area contributed by atoms with Gasteiger partial charge in [-0.2, -0.15) is 0 Å². The van der Waals surface area contributed by atoms with Gasteiger partial charge in [0, 0.05) is 12.2 Å². The fourth-order valence-electron chi connectivity index (χ4n) is 3.65. The Bertz CT molecular complexity index is 373. The minimum absolute atomic E-state index is 0.937. The number of anilines is 1. The molecule has 0 aliphatic rings. The van der Waals surface area contributed by atoms with E-state index in [0.29, 0.717) is 0 Å². The van der Waals surface area contributed by atoms with Crippen molar-refractivity contribution in [2.24, 2.45) is 5.92 Å². The highest BCUT2D eigenvalue weighted by Gasteiger charge is 2.05. The minimum atomic E-state index is 0.937. The van der Waals surface area contributed by atoms with Crippen molar-refractivity contribution >= 4 is 5.69 Å². The lowest BCUT2D eigenvalue weighted by molar-refractivity contribution is 0.405. The molecule has 1 heteroatoms. The van der Waals surface area contributed by atoms with Gasteiger partial charge in [-0.25, -0.2) is 0 Å². The standard InChI is InChI=1S/C24H43N/c1-3-5-6-7-8-9-10-11-12-14-18-23(4-2)19-17-22-25-24-20-15-13-16-21-24/h13,15-16,20-21,23,25H,3-12,14,17-19,22H2,1-2H3. The van der Waals surface area contributed by atoms with Crippen molar-refractivity contribution in [2.75, 3.05) is 11.9 Å². The molecule has 1 rings (SSSR count). The van der Waals surface area contributed by atoms with E-state index in [4.69, 9.17) is 0 Å². The quantitative estimate of drug-likeness (QED) is 0.280. The van der Waals surface area contributed by atoms with Gasteiger partial charge in [-0.1, -0.05) is 109 Å². The first-order valence-electron chi connectivity index (χ1n) is 11.2. The fourth-order valence-corrected chi connectivity index (χ4v) is 3.65. The summed E-state index contributed by atoms with van der Waals surface area (Å²) in [5.41, 5.74) is 1.25. The Balaban J connectivity index is 1.90. The summed E-state index contributed by atoms with van der Waals surface area (Å²) in [7, 11) is 0. The summed E-state index contributed by atoms with van der Waals surface area (Å²) in [6, 6.07) is 10.6. The summed E-state index contributed by atoms with van der Waals surface area (Å²) >= 11 is 0. The Kier molecular flexibility index (Phi) is 14.5. The van der Waals surface area contributed by atoms with E-state index >= 15 is 0 Å². The topological polar surface area (TPSA) is 12.0 Å². The second-order valence-corrected chi connectivity index (χ2v) is 7.68. The highest BCUT2D eigenvalue weighted by Crippen LogP contribution is 2.20. The van der Waals surface area contributed by atoms with Gasteiger partial charge in [0.05, 0.1) is 0 Å². The molecule has 0 heterocycles. The number of nitrogens with one attached hydrogen (secondary N) is 1. The molecule has 0 radical (unpaired) electrons. The van der Waals surface area contributed by atoms with E-state index in [1.165, 1.54) is 95.6 Å². The lowest BCUT2D eigenvalue weighted by Crippen LogP contribution is -2.05. The van der Waals surface area contributed by atoms with E-state index in [1.54, 1.807) is 0 Å². The van der Waals surface area contributed by atoms with E-state index in [-0.39, 0.29) is 0 Å². The lowest BCUT2D eigenvalue weighted by atomic mass is 9.93. The smallest absolute Gasteiger partial charge is 0.0340 e. The molecule has 0 saturated heterocycles. The maximum absolute atomic E-state index is 3.53. The normalized spacial score (nSPS) is 12.2. The van der Waals surface area contributed by atoms with Crippen molar-refractivity contribution in [3.63, 3.8) is 0 Å². The van der Waals surface area contributed by atoms with Crippen LogP contribution in [0.3, 0.4) is 0 Å². The predicted molar refractivity (Wildman–Crippen MR) is 114 cm³/mol. The molecule has 0 amide bonds. The van der Waals surface area contributed by atoms with Crippen LogP contribution < -0.4 is 5.32 Å². The molecule has 0 saturated carbocycles. The molecule has 0 aromatic heterocycles. The second kappa shape index (κ2) is 16.5. The van der Waals surface area contributed by atoms with Crippen LogP contribution in [0.15, 0.2) is 30.3 Å². The van der Waals surface area contributed by atoms with Crippen LogP contribution in [0.25, 0.3) is 0 Å². The molecule has 0 spiro atoms. The van der Waals surface area contributed by atoms with Gasteiger partial charge in [-0.15, -0.1) is 0 Å². The third kappa shape index (κ3) is 13.0. The van der Waals surface area contributed by atoms with Gasteiger partial charge in [0.25, 0.3) is 0 Å². The molecule has 0 aliphatic carbocycles. The highest BCUT2D eigenvalue weighted by molar-refractivity contribution is 5.42. The van der Waals surface area contributed by atoms with Crippen LogP contribution in [-0.2, 0) is 0 Å². The Morgan fingerprint density at radius 3 is 1.84 bits per heavy atom. The van der Waals surface area contributed by atoms with Gasteiger partial charge in [0.15, 0.2) is 0 Å². The summed E-state index contributed by atoms with van der Waals surface area (Å²) in [6.45, 7) is 5.77. The zero-order valence-corrected chi connectivity index (χ0v) is 17.1. The molecule has 1 aromatic carbocycles. The molecule has 1 unspecified atom stereocenters. The van der Waals surface area contributed by atoms with Gasteiger partial charge in [-0.3, -0.25) is 0 Å². The zero-order chi connectivity index (χ0) is 18.0.